The van der Waals surface area contributed by atoms with E-state index < -0.39 is 0 Å². The predicted octanol–water partition coefficient (Wildman–Crippen LogP) is 2.65. The van der Waals surface area contributed by atoms with Gasteiger partial charge >= 0.3 is 0 Å². The lowest BCUT2D eigenvalue weighted by molar-refractivity contribution is 0.0950. The molecule has 0 aromatic heterocycles. The molecule has 0 radical (unpaired) electrons. The van der Waals surface area contributed by atoms with Gasteiger partial charge in [-0.2, -0.15) is 0 Å². The molecule has 4 heteroatoms. The zero-order chi connectivity index (χ0) is 12.0. The van der Waals surface area contributed by atoms with Crippen LogP contribution in [0.5, 0.6) is 5.75 Å². The van der Waals surface area contributed by atoms with Gasteiger partial charge in [0, 0.05) is 6.54 Å². The third-order valence-electron chi connectivity index (χ3n) is 2.24. The summed E-state index contributed by atoms with van der Waals surface area (Å²) in [5, 5.41) is 12.4. The Bertz CT molecular complexity index is 366. The molecule has 0 aliphatic rings. The fraction of sp³-hybridized carbons (Fsp3) is 0.417. The molecule has 0 spiro atoms. The number of carbonyl (C=O) groups is 1. The van der Waals surface area contributed by atoms with Crippen LogP contribution >= 0.6 is 22.6 Å². The first-order valence-corrected chi connectivity index (χ1v) is 6.81. The summed E-state index contributed by atoms with van der Waals surface area (Å²) in [6.07, 6.45) is 2.07. The Labute approximate surface area is 109 Å². The molecule has 0 saturated heterocycles. The Hall–Kier alpha value is -0.780. The summed E-state index contributed by atoms with van der Waals surface area (Å²) in [6, 6.07) is 5.07. The number of phenolic OH excluding ortho intramolecular Hbond substituents is 1. The van der Waals surface area contributed by atoms with Gasteiger partial charge in [0.05, 0.1) is 5.56 Å². The Morgan fingerprint density at radius 3 is 2.81 bits per heavy atom. The van der Waals surface area contributed by atoms with E-state index in [1.54, 1.807) is 12.1 Å². The Morgan fingerprint density at radius 1 is 1.44 bits per heavy atom. The van der Waals surface area contributed by atoms with Crippen LogP contribution < -0.4 is 5.32 Å². The van der Waals surface area contributed by atoms with Crippen molar-refractivity contribution in [3.8, 4) is 5.75 Å². The molecule has 1 aromatic rings. The van der Waals surface area contributed by atoms with E-state index in [1.165, 1.54) is 0 Å². The highest BCUT2D eigenvalue weighted by Gasteiger charge is 2.09. The first-order chi connectivity index (χ1) is 7.65. The first-order valence-electron chi connectivity index (χ1n) is 5.29. The predicted molar refractivity (Wildman–Crippen MR) is 73.3 cm³/mol. The minimum Gasteiger partial charge on any atom is -0.507 e. The minimum atomic E-state index is -0.203. The molecule has 1 amide bonds. The quantitative estimate of drug-likeness (QED) is 0.494. The van der Waals surface area contributed by atoms with Gasteiger partial charge < -0.3 is 10.4 Å². The van der Waals surface area contributed by atoms with E-state index in [0.717, 1.165) is 22.8 Å². The topological polar surface area (TPSA) is 49.3 Å². The van der Waals surface area contributed by atoms with E-state index in [-0.39, 0.29) is 11.7 Å². The molecule has 0 saturated carbocycles. The third-order valence-corrected chi connectivity index (χ3v) is 3.01. The molecule has 16 heavy (non-hydrogen) atoms. The summed E-state index contributed by atoms with van der Waals surface area (Å²) >= 11 is 2.31. The summed E-state index contributed by atoms with van der Waals surface area (Å²) in [7, 11) is 0. The number of rotatable bonds is 5. The number of nitrogens with one attached hydrogen (secondary N) is 1. The Morgan fingerprint density at radius 2 is 2.19 bits per heavy atom. The Kier molecular flexibility index (Phi) is 5.59. The summed E-state index contributed by atoms with van der Waals surface area (Å²) in [5.41, 5.74) is 1.29. The molecule has 0 unspecified atom stereocenters. The van der Waals surface area contributed by atoms with Crippen LogP contribution in [0.4, 0.5) is 0 Å². The monoisotopic (exact) mass is 333 g/mol. The third kappa shape index (κ3) is 4.00. The molecule has 0 aliphatic carbocycles. The van der Waals surface area contributed by atoms with Crippen LogP contribution in [-0.4, -0.2) is 22.0 Å². The highest BCUT2D eigenvalue weighted by atomic mass is 127. The van der Waals surface area contributed by atoms with Gasteiger partial charge in [0.1, 0.15) is 5.75 Å². The second-order valence-corrected chi connectivity index (χ2v) is 4.75. The lowest BCUT2D eigenvalue weighted by Gasteiger charge is -2.06. The number of unbranched alkanes of at least 4 members (excludes halogenated alkanes) is 1. The lowest BCUT2D eigenvalue weighted by Crippen LogP contribution is -2.24. The molecule has 2 N–H and O–H groups in total. The van der Waals surface area contributed by atoms with Crippen LogP contribution in [0.3, 0.4) is 0 Å². The molecule has 0 aliphatic heterocycles. The highest BCUT2D eigenvalue weighted by molar-refractivity contribution is 14.1. The molecule has 0 heterocycles. The van der Waals surface area contributed by atoms with E-state index >= 15 is 0 Å². The van der Waals surface area contributed by atoms with Gasteiger partial charge in [0.25, 0.3) is 5.91 Å². The minimum absolute atomic E-state index is 0.0476. The van der Waals surface area contributed by atoms with E-state index in [9.17, 15) is 9.90 Å². The number of aromatic hydroxyl groups is 1. The zero-order valence-corrected chi connectivity index (χ0v) is 11.5. The van der Waals surface area contributed by atoms with Crippen LogP contribution in [0.2, 0.25) is 0 Å². The summed E-state index contributed by atoms with van der Waals surface area (Å²) in [6.45, 7) is 2.54. The van der Waals surface area contributed by atoms with Crippen LogP contribution in [-0.2, 0) is 0 Å². The SMILES string of the molecule is Cc1ccc(C(=O)NCCCCI)c(O)c1. The molecule has 0 bridgehead atoms. The Balaban J connectivity index is 2.53. The maximum Gasteiger partial charge on any atom is 0.255 e. The van der Waals surface area contributed by atoms with Crippen molar-refractivity contribution in [2.24, 2.45) is 0 Å². The normalized spacial score (nSPS) is 10.1. The molecular formula is C12H16INO2. The van der Waals surface area contributed by atoms with Crippen LogP contribution in [0.1, 0.15) is 28.8 Å². The summed E-state index contributed by atoms with van der Waals surface area (Å²) in [5.74, 6) is -0.155. The maximum absolute atomic E-state index is 11.7. The fourth-order valence-corrected chi connectivity index (χ4v) is 1.89. The molecular weight excluding hydrogens is 317 g/mol. The van der Waals surface area contributed by atoms with Gasteiger partial charge in [0.15, 0.2) is 0 Å². The summed E-state index contributed by atoms with van der Waals surface area (Å²) < 4.78 is 1.10. The van der Waals surface area contributed by atoms with Crippen molar-refractivity contribution in [1.82, 2.24) is 5.32 Å². The number of aryl methyl sites for hydroxylation is 1. The van der Waals surface area contributed by atoms with E-state index in [2.05, 4.69) is 27.9 Å². The standard InChI is InChI=1S/C12H16INO2/c1-9-4-5-10(11(15)8-9)12(16)14-7-3-2-6-13/h4-5,8,15H,2-3,6-7H2,1H3,(H,14,16). The van der Waals surface area contributed by atoms with Crippen molar-refractivity contribution in [2.75, 3.05) is 11.0 Å². The molecule has 1 rings (SSSR count). The zero-order valence-electron chi connectivity index (χ0n) is 9.29. The smallest absolute Gasteiger partial charge is 0.255 e. The van der Waals surface area contributed by atoms with Gasteiger partial charge in [-0.3, -0.25) is 4.79 Å². The van der Waals surface area contributed by atoms with Gasteiger partial charge in [-0.05, 0) is 41.9 Å². The number of amides is 1. The van der Waals surface area contributed by atoms with E-state index in [4.69, 9.17) is 0 Å². The second-order valence-electron chi connectivity index (χ2n) is 3.67. The largest absolute Gasteiger partial charge is 0.507 e. The average molecular weight is 333 g/mol. The van der Waals surface area contributed by atoms with Crippen molar-refractivity contribution < 1.29 is 9.90 Å². The van der Waals surface area contributed by atoms with Crippen LogP contribution in [0.25, 0.3) is 0 Å². The van der Waals surface area contributed by atoms with E-state index in [1.807, 2.05) is 13.0 Å². The number of hydrogen-bond donors (Lipinski definition) is 2. The van der Waals surface area contributed by atoms with Crippen molar-refractivity contribution in [1.29, 1.82) is 0 Å². The van der Waals surface area contributed by atoms with Gasteiger partial charge in [0.2, 0.25) is 0 Å². The highest BCUT2D eigenvalue weighted by Crippen LogP contribution is 2.17. The van der Waals surface area contributed by atoms with Gasteiger partial charge in [-0.25, -0.2) is 0 Å². The molecule has 0 atom stereocenters. The first kappa shape index (κ1) is 13.3. The maximum atomic E-state index is 11.7. The van der Waals surface area contributed by atoms with Crippen molar-refractivity contribution in [2.45, 2.75) is 19.8 Å². The van der Waals surface area contributed by atoms with E-state index in [0.29, 0.717) is 12.1 Å². The number of halogens is 1. The van der Waals surface area contributed by atoms with Crippen molar-refractivity contribution >= 4 is 28.5 Å². The van der Waals surface area contributed by atoms with Gasteiger partial charge in [-0.15, -0.1) is 0 Å². The number of carbonyl (C=O) groups excluding carboxylic acids is 1. The number of alkyl halides is 1. The second kappa shape index (κ2) is 6.73. The number of hydrogen-bond acceptors (Lipinski definition) is 2. The van der Waals surface area contributed by atoms with Crippen LogP contribution in [0, 0.1) is 6.92 Å². The average Bonchev–Trinajstić information content (AvgIpc) is 2.24. The molecule has 1 aromatic carbocycles. The molecule has 88 valence electrons. The van der Waals surface area contributed by atoms with Crippen LogP contribution in [0.15, 0.2) is 18.2 Å². The fourth-order valence-electron chi connectivity index (χ4n) is 1.35. The lowest BCUT2D eigenvalue weighted by atomic mass is 10.1. The molecule has 0 fully saturated rings. The summed E-state index contributed by atoms with van der Waals surface area (Å²) in [4.78, 5) is 11.7. The van der Waals surface area contributed by atoms with Crippen molar-refractivity contribution in [3.63, 3.8) is 0 Å². The molecule has 3 nitrogen and oxygen atoms in total. The number of benzene rings is 1. The van der Waals surface area contributed by atoms with Gasteiger partial charge in [-0.1, -0.05) is 28.7 Å². The van der Waals surface area contributed by atoms with Crippen molar-refractivity contribution in [3.05, 3.63) is 29.3 Å². The number of phenols is 1.